The molecule has 0 atom stereocenters. The molecule has 0 aliphatic rings. The summed E-state index contributed by atoms with van der Waals surface area (Å²) in [5.74, 6) is -0.187. The maximum atomic E-state index is 11.7. The molecule has 1 aromatic heterocycles. The van der Waals surface area contributed by atoms with Gasteiger partial charge in [0.25, 0.3) is 5.91 Å². The van der Waals surface area contributed by atoms with Gasteiger partial charge in [-0.05, 0) is 26.0 Å². The summed E-state index contributed by atoms with van der Waals surface area (Å²) in [7, 11) is 0. The second-order valence-corrected chi connectivity index (χ2v) is 3.92. The zero-order valence-electron chi connectivity index (χ0n) is 9.27. The first-order chi connectivity index (χ1) is 7.66. The number of hydrogen-bond donors (Lipinski definition) is 1. The number of fused-ring (bicyclic) bond motifs is 1. The van der Waals surface area contributed by atoms with E-state index in [0.717, 1.165) is 10.9 Å². The molecule has 2 rings (SSSR count). The van der Waals surface area contributed by atoms with Crippen molar-refractivity contribution in [2.45, 2.75) is 19.9 Å². The van der Waals surface area contributed by atoms with Crippen molar-refractivity contribution < 1.29 is 4.79 Å². The summed E-state index contributed by atoms with van der Waals surface area (Å²) in [6.07, 6.45) is 0. The van der Waals surface area contributed by atoms with Crippen LogP contribution in [0.5, 0.6) is 0 Å². The van der Waals surface area contributed by atoms with Crippen molar-refractivity contribution in [3.8, 4) is 0 Å². The van der Waals surface area contributed by atoms with Crippen LogP contribution in [0.2, 0.25) is 0 Å². The molecule has 1 aromatic carbocycles. The van der Waals surface area contributed by atoms with E-state index in [1.165, 1.54) is 0 Å². The summed E-state index contributed by atoms with van der Waals surface area (Å²) < 4.78 is 0. The Morgan fingerprint density at radius 1 is 1.25 bits per heavy atom. The Morgan fingerprint density at radius 3 is 2.75 bits per heavy atom. The third kappa shape index (κ3) is 2.16. The lowest BCUT2D eigenvalue weighted by Gasteiger charge is -2.07. The Balaban J connectivity index is 2.35. The van der Waals surface area contributed by atoms with Gasteiger partial charge in [-0.25, -0.2) is 0 Å². The van der Waals surface area contributed by atoms with E-state index in [0.29, 0.717) is 5.69 Å². The maximum absolute atomic E-state index is 11.7. The van der Waals surface area contributed by atoms with Gasteiger partial charge < -0.3 is 5.32 Å². The van der Waals surface area contributed by atoms with Crippen LogP contribution in [0.4, 0.5) is 0 Å². The molecule has 16 heavy (non-hydrogen) atoms. The molecular formula is C12H13N3O. The molecule has 0 spiro atoms. The predicted molar refractivity (Wildman–Crippen MR) is 62.1 cm³/mol. The monoisotopic (exact) mass is 215 g/mol. The second-order valence-electron chi connectivity index (χ2n) is 3.92. The van der Waals surface area contributed by atoms with E-state index in [1.807, 2.05) is 38.1 Å². The molecule has 2 aromatic rings. The van der Waals surface area contributed by atoms with Crippen LogP contribution in [0.25, 0.3) is 10.9 Å². The van der Waals surface area contributed by atoms with Crippen LogP contribution < -0.4 is 5.32 Å². The van der Waals surface area contributed by atoms with Crippen LogP contribution in [0.15, 0.2) is 30.3 Å². The highest BCUT2D eigenvalue weighted by atomic mass is 16.1. The molecule has 0 bridgehead atoms. The second kappa shape index (κ2) is 4.26. The smallest absolute Gasteiger partial charge is 0.272 e. The van der Waals surface area contributed by atoms with E-state index in [2.05, 4.69) is 15.5 Å². The Morgan fingerprint density at radius 2 is 2.00 bits per heavy atom. The van der Waals surface area contributed by atoms with Crippen molar-refractivity contribution in [1.29, 1.82) is 0 Å². The minimum Gasteiger partial charge on any atom is -0.348 e. The van der Waals surface area contributed by atoms with Crippen LogP contribution in [-0.4, -0.2) is 22.1 Å². The van der Waals surface area contributed by atoms with E-state index in [9.17, 15) is 4.79 Å². The predicted octanol–water partition coefficient (Wildman–Crippen LogP) is 1.77. The maximum Gasteiger partial charge on any atom is 0.272 e. The normalized spacial score (nSPS) is 10.7. The zero-order chi connectivity index (χ0) is 11.5. The number of rotatable bonds is 2. The summed E-state index contributed by atoms with van der Waals surface area (Å²) in [6.45, 7) is 3.82. The van der Waals surface area contributed by atoms with Crippen molar-refractivity contribution in [3.05, 3.63) is 36.0 Å². The minimum atomic E-state index is -0.187. The van der Waals surface area contributed by atoms with Crippen molar-refractivity contribution >= 4 is 16.8 Å². The molecule has 1 heterocycles. The van der Waals surface area contributed by atoms with Crippen molar-refractivity contribution in [1.82, 2.24) is 15.5 Å². The van der Waals surface area contributed by atoms with Gasteiger partial charge in [0, 0.05) is 11.4 Å². The SMILES string of the molecule is CC(C)NC(=O)c1cc2ccccc2nn1. The van der Waals surface area contributed by atoms with Crippen LogP contribution in [0.3, 0.4) is 0 Å². The van der Waals surface area contributed by atoms with E-state index in [4.69, 9.17) is 0 Å². The molecule has 0 unspecified atom stereocenters. The van der Waals surface area contributed by atoms with Gasteiger partial charge in [0.2, 0.25) is 0 Å². The van der Waals surface area contributed by atoms with Gasteiger partial charge in [-0.15, -0.1) is 10.2 Å². The molecule has 0 saturated heterocycles. The molecule has 0 saturated carbocycles. The largest absolute Gasteiger partial charge is 0.348 e. The summed E-state index contributed by atoms with van der Waals surface area (Å²) in [5.41, 5.74) is 1.15. The molecule has 82 valence electrons. The van der Waals surface area contributed by atoms with E-state index in [1.54, 1.807) is 6.07 Å². The van der Waals surface area contributed by atoms with Crippen molar-refractivity contribution in [3.63, 3.8) is 0 Å². The molecular weight excluding hydrogens is 202 g/mol. The van der Waals surface area contributed by atoms with Gasteiger partial charge >= 0.3 is 0 Å². The Labute approximate surface area is 93.7 Å². The number of carbonyl (C=O) groups excluding carboxylic acids is 1. The van der Waals surface area contributed by atoms with E-state index >= 15 is 0 Å². The third-order valence-electron chi connectivity index (χ3n) is 2.15. The first-order valence-corrected chi connectivity index (χ1v) is 5.20. The summed E-state index contributed by atoms with van der Waals surface area (Å²) in [6, 6.07) is 9.43. The van der Waals surface area contributed by atoms with Crippen LogP contribution >= 0.6 is 0 Å². The minimum absolute atomic E-state index is 0.0979. The zero-order valence-corrected chi connectivity index (χ0v) is 9.27. The first-order valence-electron chi connectivity index (χ1n) is 5.20. The number of nitrogens with one attached hydrogen (secondary N) is 1. The quantitative estimate of drug-likeness (QED) is 0.830. The Hall–Kier alpha value is -1.97. The molecule has 0 aliphatic heterocycles. The number of aromatic nitrogens is 2. The molecule has 4 heteroatoms. The average molecular weight is 215 g/mol. The molecule has 1 amide bonds. The fraction of sp³-hybridized carbons (Fsp3) is 0.250. The van der Waals surface area contributed by atoms with Crippen LogP contribution in [0, 0.1) is 0 Å². The lowest BCUT2D eigenvalue weighted by atomic mass is 10.2. The summed E-state index contributed by atoms with van der Waals surface area (Å²) in [5, 5.41) is 11.6. The molecule has 0 fully saturated rings. The van der Waals surface area contributed by atoms with Gasteiger partial charge in [-0.3, -0.25) is 4.79 Å². The van der Waals surface area contributed by atoms with Crippen molar-refractivity contribution in [2.75, 3.05) is 0 Å². The topological polar surface area (TPSA) is 54.9 Å². The fourth-order valence-corrected chi connectivity index (χ4v) is 1.43. The number of benzene rings is 1. The van der Waals surface area contributed by atoms with Gasteiger partial charge in [0.05, 0.1) is 5.52 Å². The van der Waals surface area contributed by atoms with E-state index in [-0.39, 0.29) is 11.9 Å². The number of carbonyl (C=O) groups is 1. The average Bonchev–Trinajstić information content (AvgIpc) is 2.27. The highest BCUT2D eigenvalue weighted by Gasteiger charge is 2.09. The number of nitrogens with zero attached hydrogens (tertiary/aromatic N) is 2. The standard InChI is InChI=1S/C12H13N3O/c1-8(2)13-12(16)11-7-9-5-3-4-6-10(9)14-15-11/h3-8H,1-2H3,(H,13,16). The molecule has 0 aliphatic carbocycles. The fourth-order valence-electron chi connectivity index (χ4n) is 1.43. The Bertz CT molecular complexity index is 522. The lowest BCUT2D eigenvalue weighted by Crippen LogP contribution is -2.30. The third-order valence-corrected chi connectivity index (χ3v) is 2.15. The van der Waals surface area contributed by atoms with Crippen molar-refractivity contribution in [2.24, 2.45) is 0 Å². The van der Waals surface area contributed by atoms with Gasteiger partial charge in [-0.1, -0.05) is 18.2 Å². The number of amides is 1. The summed E-state index contributed by atoms with van der Waals surface area (Å²) in [4.78, 5) is 11.7. The highest BCUT2D eigenvalue weighted by molar-refractivity contribution is 5.95. The summed E-state index contributed by atoms with van der Waals surface area (Å²) >= 11 is 0. The highest BCUT2D eigenvalue weighted by Crippen LogP contribution is 2.10. The molecule has 1 N–H and O–H groups in total. The van der Waals surface area contributed by atoms with Gasteiger partial charge in [0.1, 0.15) is 0 Å². The Kier molecular flexibility index (Phi) is 2.81. The van der Waals surface area contributed by atoms with E-state index < -0.39 is 0 Å². The number of hydrogen-bond acceptors (Lipinski definition) is 3. The van der Waals surface area contributed by atoms with Crippen LogP contribution in [-0.2, 0) is 0 Å². The van der Waals surface area contributed by atoms with Gasteiger partial charge in [0.15, 0.2) is 5.69 Å². The first kappa shape index (κ1) is 10.5. The van der Waals surface area contributed by atoms with Gasteiger partial charge in [-0.2, -0.15) is 0 Å². The molecule has 4 nitrogen and oxygen atoms in total. The van der Waals surface area contributed by atoms with Crippen LogP contribution in [0.1, 0.15) is 24.3 Å². The molecule has 0 radical (unpaired) electrons. The lowest BCUT2D eigenvalue weighted by molar-refractivity contribution is 0.0937.